The molecule has 0 saturated carbocycles. The van der Waals surface area contributed by atoms with Gasteiger partial charge in [0, 0.05) is 23.5 Å². The highest BCUT2D eigenvalue weighted by Gasteiger charge is 2.10. The van der Waals surface area contributed by atoms with Crippen LogP contribution in [-0.4, -0.2) is 10.7 Å². The lowest BCUT2D eigenvalue weighted by molar-refractivity contribution is 0.112. The van der Waals surface area contributed by atoms with E-state index in [1.54, 1.807) is 0 Å². The molecule has 2 nitrogen and oxygen atoms in total. The maximum absolute atomic E-state index is 11.3. The SMILES string of the molecule is O=Cc1c(-c2ccccc2)cn2ccccc12. The number of rotatable bonds is 2. The van der Waals surface area contributed by atoms with Crippen molar-refractivity contribution in [3.8, 4) is 11.1 Å². The highest BCUT2D eigenvalue weighted by atomic mass is 16.1. The normalized spacial score (nSPS) is 10.6. The summed E-state index contributed by atoms with van der Waals surface area (Å²) in [5, 5.41) is 0. The summed E-state index contributed by atoms with van der Waals surface area (Å²) in [6.45, 7) is 0. The molecule has 17 heavy (non-hydrogen) atoms. The molecule has 0 unspecified atom stereocenters. The van der Waals surface area contributed by atoms with Crippen molar-refractivity contribution in [1.29, 1.82) is 0 Å². The number of benzene rings is 1. The molecule has 3 rings (SSSR count). The van der Waals surface area contributed by atoms with Crippen LogP contribution in [0.1, 0.15) is 10.4 Å². The minimum Gasteiger partial charge on any atom is -0.322 e. The number of aldehydes is 1. The van der Waals surface area contributed by atoms with Crippen molar-refractivity contribution in [1.82, 2.24) is 4.40 Å². The van der Waals surface area contributed by atoms with E-state index in [1.165, 1.54) is 0 Å². The van der Waals surface area contributed by atoms with E-state index in [4.69, 9.17) is 0 Å². The van der Waals surface area contributed by atoms with Crippen LogP contribution in [0, 0.1) is 0 Å². The maximum Gasteiger partial charge on any atom is 0.152 e. The monoisotopic (exact) mass is 221 g/mol. The summed E-state index contributed by atoms with van der Waals surface area (Å²) in [5.74, 6) is 0. The van der Waals surface area contributed by atoms with Gasteiger partial charge in [0.05, 0.1) is 5.52 Å². The zero-order valence-corrected chi connectivity index (χ0v) is 9.21. The largest absolute Gasteiger partial charge is 0.322 e. The molecule has 0 radical (unpaired) electrons. The Kier molecular flexibility index (Phi) is 2.26. The van der Waals surface area contributed by atoms with Gasteiger partial charge < -0.3 is 4.40 Å². The van der Waals surface area contributed by atoms with Crippen molar-refractivity contribution in [2.24, 2.45) is 0 Å². The first-order chi connectivity index (χ1) is 8.40. The van der Waals surface area contributed by atoms with Crippen molar-refractivity contribution in [3.05, 3.63) is 66.5 Å². The molecule has 0 aliphatic rings. The molecule has 2 heteroatoms. The third kappa shape index (κ3) is 1.54. The highest BCUT2D eigenvalue weighted by molar-refractivity contribution is 5.96. The van der Waals surface area contributed by atoms with Gasteiger partial charge in [-0.05, 0) is 17.7 Å². The number of carbonyl (C=O) groups excluding carboxylic acids is 1. The Balaban J connectivity index is 2.33. The number of aromatic nitrogens is 1. The molecular formula is C15H11NO. The first kappa shape index (κ1) is 9.85. The van der Waals surface area contributed by atoms with Gasteiger partial charge in [0.2, 0.25) is 0 Å². The third-order valence-electron chi connectivity index (χ3n) is 2.93. The summed E-state index contributed by atoms with van der Waals surface area (Å²) in [6, 6.07) is 15.8. The van der Waals surface area contributed by atoms with E-state index in [0.29, 0.717) is 0 Å². The van der Waals surface area contributed by atoms with Crippen molar-refractivity contribution in [2.45, 2.75) is 0 Å². The van der Waals surface area contributed by atoms with Crippen molar-refractivity contribution in [3.63, 3.8) is 0 Å². The van der Waals surface area contributed by atoms with E-state index in [1.807, 2.05) is 65.3 Å². The smallest absolute Gasteiger partial charge is 0.152 e. The summed E-state index contributed by atoms with van der Waals surface area (Å²) < 4.78 is 1.98. The lowest BCUT2D eigenvalue weighted by atomic mass is 10.0. The molecule has 0 bridgehead atoms. The van der Waals surface area contributed by atoms with E-state index in [9.17, 15) is 4.79 Å². The number of nitrogens with zero attached hydrogens (tertiary/aromatic N) is 1. The topological polar surface area (TPSA) is 21.5 Å². The summed E-state index contributed by atoms with van der Waals surface area (Å²) >= 11 is 0. The Bertz CT molecular complexity index is 668. The number of hydrogen-bond acceptors (Lipinski definition) is 1. The second-order valence-corrected chi connectivity index (χ2v) is 3.93. The van der Waals surface area contributed by atoms with E-state index in [0.717, 1.165) is 28.5 Å². The Morgan fingerprint density at radius 3 is 2.47 bits per heavy atom. The van der Waals surface area contributed by atoms with Crippen molar-refractivity contribution in [2.75, 3.05) is 0 Å². The molecule has 2 heterocycles. The van der Waals surface area contributed by atoms with Crippen LogP contribution in [0.3, 0.4) is 0 Å². The van der Waals surface area contributed by atoms with Crippen LogP contribution < -0.4 is 0 Å². The van der Waals surface area contributed by atoms with Gasteiger partial charge in [0.25, 0.3) is 0 Å². The fourth-order valence-corrected chi connectivity index (χ4v) is 2.12. The van der Waals surface area contributed by atoms with E-state index in [2.05, 4.69) is 0 Å². The molecule has 2 aromatic heterocycles. The van der Waals surface area contributed by atoms with Crippen molar-refractivity contribution < 1.29 is 4.79 Å². The molecular weight excluding hydrogens is 210 g/mol. The van der Waals surface area contributed by atoms with Gasteiger partial charge in [-0.25, -0.2) is 0 Å². The Hall–Kier alpha value is -2.35. The van der Waals surface area contributed by atoms with Gasteiger partial charge in [0.15, 0.2) is 6.29 Å². The predicted molar refractivity (Wildman–Crippen MR) is 68.2 cm³/mol. The molecule has 0 spiro atoms. The van der Waals surface area contributed by atoms with Crippen LogP contribution >= 0.6 is 0 Å². The molecule has 0 fully saturated rings. The third-order valence-corrected chi connectivity index (χ3v) is 2.93. The first-order valence-electron chi connectivity index (χ1n) is 5.50. The lowest BCUT2D eigenvalue weighted by Crippen LogP contribution is -1.83. The van der Waals surface area contributed by atoms with Gasteiger partial charge in [-0.3, -0.25) is 4.79 Å². The first-order valence-corrected chi connectivity index (χ1v) is 5.50. The van der Waals surface area contributed by atoms with E-state index < -0.39 is 0 Å². The second kappa shape index (κ2) is 3.91. The number of fused-ring (bicyclic) bond motifs is 1. The second-order valence-electron chi connectivity index (χ2n) is 3.93. The molecule has 1 aromatic carbocycles. The van der Waals surface area contributed by atoms with Crippen LogP contribution in [0.25, 0.3) is 16.6 Å². The van der Waals surface area contributed by atoms with Gasteiger partial charge in [-0.15, -0.1) is 0 Å². The van der Waals surface area contributed by atoms with Gasteiger partial charge >= 0.3 is 0 Å². The van der Waals surface area contributed by atoms with Crippen LogP contribution in [0.2, 0.25) is 0 Å². The lowest BCUT2D eigenvalue weighted by Gasteiger charge is -1.97. The predicted octanol–water partition coefficient (Wildman–Crippen LogP) is 3.42. The minimum atomic E-state index is 0.747. The molecule has 0 saturated heterocycles. The fourth-order valence-electron chi connectivity index (χ4n) is 2.12. The standard InChI is InChI=1S/C15H11NO/c17-11-14-13(12-6-2-1-3-7-12)10-16-9-5-4-8-15(14)16/h1-11H. The van der Waals surface area contributed by atoms with Crippen LogP contribution in [-0.2, 0) is 0 Å². The van der Waals surface area contributed by atoms with Crippen LogP contribution in [0.15, 0.2) is 60.9 Å². The highest BCUT2D eigenvalue weighted by Crippen LogP contribution is 2.27. The number of carbonyl (C=O) groups is 1. The average Bonchev–Trinajstić information content (AvgIpc) is 2.78. The molecule has 0 N–H and O–H groups in total. The summed E-state index contributed by atoms with van der Waals surface area (Å²) in [5.41, 5.74) is 3.74. The summed E-state index contributed by atoms with van der Waals surface area (Å²) in [4.78, 5) is 11.3. The number of pyridine rings is 1. The molecule has 82 valence electrons. The zero-order chi connectivity index (χ0) is 11.7. The van der Waals surface area contributed by atoms with E-state index >= 15 is 0 Å². The number of hydrogen-bond donors (Lipinski definition) is 0. The zero-order valence-electron chi connectivity index (χ0n) is 9.21. The van der Waals surface area contributed by atoms with E-state index in [-0.39, 0.29) is 0 Å². The average molecular weight is 221 g/mol. The minimum absolute atomic E-state index is 0.747. The van der Waals surface area contributed by atoms with Gasteiger partial charge in [-0.1, -0.05) is 36.4 Å². The summed E-state index contributed by atoms with van der Waals surface area (Å²) in [6.07, 6.45) is 4.88. The Labute approximate surface area is 99.1 Å². The summed E-state index contributed by atoms with van der Waals surface area (Å²) in [7, 11) is 0. The van der Waals surface area contributed by atoms with Gasteiger partial charge in [0.1, 0.15) is 0 Å². The molecule has 0 aliphatic heterocycles. The Morgan fingerprint density at radius 2 is 1.71 bits per heavy atom. The van der Waals surface area contributed by atoms with Crippen LogP contribution in [0.4, 0.5) is 0 Å². The molecule has 3 aromatic rings. The van der Waals surface area contributed by atoms with Crippen molar-refractivity contribution >= 4 is 11.8 Å². The molecule has 0 aliphatic carbocycles. The molecule has 0 atom stereocenters. The maximum atomic E-state index is 11.3. The quantitative estimate of drug-likeness (QED) is 0.607. The van der Waals surface area contributed by atoms with Gasteiger partial charge in [-0.2, -0.15) is 0 Å². The fraction of sp³-hybridized carbons (Fsp3) is 0. The van der Waals surface area contributed by atoms with Crippen LogP contribution in [0.5, 0.6) is 0 Å². The Morgan fingerprint density at radius 1 is 0.941 bits per heavy atom. The molecule has 0 amide bonds.